The summed E-state index contributed by atoms with van der Waals surface area (Å²) < 4.78 is 20.1. The van der Waals surface area contributed by atoms with Crippen molar-refractivity contribution in [2.45, 2.75) is 32.0 Å². The first-order chi connectivity index (χ1) is 11.1. The van der Waals surface area contributed by atoms with Crippen molar-refractivity contribution in [2.75, 3.05) is 20.1 Å². The Morgan fingerprint density at radius 1 is 1.04 bits per heavy atom. The van der Waals surface area contributed by atoms with Gasteiger partial charge >= 0.3 is 0 Å². The molecule has 2 aromatic rings. The normalized spacial score (nSPS) is 20.0. The smallest absolute Gasteiger partial charge is 0.126 e. The van der Waals surface area contributed by atoms with Gasteiger partial charge in [-0.15, -0.1) is 0 Å². The summed E-state index contributed by atoms with van der Waals surface area (Å²) in [6.45, 7) is 4.61. The van der Waals surface area contributed by atoms with Gasteiger partial charge in [0.2, 0.25) is 0 Å². The van der Waals surface area contributed by atoms with E-state index in [-0.39, 0.29) is 11.4 Å². The van der Waals surface area contributed by atoms with Crippen LogP contribution in [0.1, 0.15) is 29.5 Å². The first-order valence-corrected chi connectivity index (χ1v) is 8.30. The van der Waals surface area contributed by atoms with E-state index in [1.54, 1.807) is 13.0 Å². The van der Waals surface area contributed by atoms with Crippen LogP contribution in [0.4, 0.5) is 4.39 Å². The van der Waals surface area contributed by atoms with Crippen molar-refractivity contribution in [3.05, 3.63) is 58.9 Å². The van der Waals surface area contributed by atoms with E-state index < -0.39 is 0 Å². The Kier molecular flexibility index (Phi) is 3.51. The van der Waals surface area contributed by atoms with Crippen molar-refractivity contribution in [3.8, 4) is 11.1 Å². The number of piperidine rings is 1. The Labute approximate surface area is 136 Å². The van der Waals surface area contributed by atoms with E-state index in [9.17, 15) is 4.39 Å². The highest BCUT2D eigenvalue weighted by Gasteiger charge is 2.42. The minimum atomic E-state index is -0.145. The van der Waals surface area contributed by atoms with Crippen LogP contribution in [0.15, 0.2) is 36.4 Å². The average molecular weight is 311 g/mol. The van der Waals surface area contributed by atoms with Gasteiger partial charge in [-0.3, -0.25) is 0 Å². The lowest BCUT2D eigenvalue weighted by Gasteiger charge is -2.37. The summed E-state index contributed by atoms with van der Waals surface area (Å²) in [5, 5.41) is 0. The first kappa shape index (κ1) is 14.9. The molecule has 2 aromatic carbocycles. The zero-order valence-corrected chi connectivity index (χ0v) is 13.7. The third kappa shape index (κ3) is 2.48. The van der Waals surface area contributed by atoms with Crippen LogP contribution in [0.2, 0.25) is 0 Å². The Morgan fingerprint density at radius 2 is 1.74 bits per heavy atom. The number of aryl methyl sites for hydroxylation is 1. The van der Waals surface area contributed by atoms with E-state index in [2.05, 4.69) is 30.1 Å². The van der Waals surface area contributed by atoms with E-state index >= 15 is 0 Å². The van der Waals surface area contributed by atoms with Crippen LogP contribution >= 0.6 is 0 Å². The number of rotatable bonds is 1. The molecule has 2 aliphatic rings. The number of benzene rings is 2. The maximum Gasteiger partial charge on any atom is 0.126 e. The second-order valence-corrected chi connectivity index (χ2v) is 6.92. The van der Waals surface area contributed by atoms with Crippen molar-refractivity contribution >= 4 is 0 Å². The molecule has 0 radical (unpaired) electrons. The summed E-state index contributed by atoms with van der Waals surface area (Å²) in [6, 6.07) is 11.9. The van der Waals surface area contributed by atoms with Crippen LogP contribution in [0.5, 0.6) is 0 Å². The molecular weight excluding hydrogens is 289 g/mol. The number of fused-ring (bicyclic) bond motifs is 2. The summed E-state index contributed by atoms with van der Waals surface area (Å²) in [7, 11) is 2.16. The third-order valence-electron chi connectivity index (χ3n) is 5.40. The van der Waals surface area contributed by atoms with E-state index in [0.29, 0.717) is 12.2 Å². The van der Waals surface area contributed by atoms with Crippen LogP contribution in [-0.4, -0.2) is 25.0 Å². The van der Waals surface area contributed by atoms with Crippen molar-refractivity contribution in [2.24, 2.45) is 0 Å². The number of halogens is 1. The van der Waals surface area contributed by atoms with Crippen molar-refractivity contribution in [1.82, 2.24) is 4.90 Å². The molecule has 0 bridgehead atoms. The molecule has 2 heterocycles. The summed E-state index contributed by atoms with van der Waals surface area (Å²) >= 11 is 0. The lowest BCUT2D eigenvalue weighted by atomic mass is 9.82. The molecule has 23 heavy (non-hydrogen) atoms. The molecule has 1 spiro atoms. The second-order valence-electron chi connectivity index (χ2n) is 6.92. The van der Waals surface area contributed by atoms with Crippen molar-refractivity contribution in [1.29, 1.82) is 0 Å². The average Bonchev–Trinajstić information content (AvgIpc) is 2.91. The van der Waals surface area contributed by atoms with Crippen molar-refractivity contribution in [3.63, 3.8) is 0 Å². The van der Waals surface area contributed by atoms with Gasteiger partial charge in [-0.25, -0.2) is 4.39 Å². The van der Waals surface area contributed by atoms with Gasteiger partial charge < -0.3 is 9.64 Å². The van der Waals surface area contributed by atoms with Gasteiger partial charge in [-0.1, -0.05) is 24.3 Å². The molecule has 2 aliphatic heterocycles. The molecule has 2 nitrogen and oxygen atoms in total. The van der Waals surface area contributed by atoms with Gasteiger partial charge in [0.05, 0.1) is 12.2 Å². The fraction of sp³-hybridized carbons (Fsp3) is 0.400. The lowest BCUT2D eigenvalue weighted by Crippen LogP contribution is -2.40. The summed E-state index contributed by atoms with van der Waals surface area (Å²) in [6.07, 6.45) is 2.06. The first-order valence-electron chi connectivity index (χ1n) is 8.30. The molecule has 0 atom stereocenters. The number of hydrogen-bond donors (Lipinski definition) is 0. The predicted octanol–water partition coefficient (Wildman–Crippen LogP) is 4.25. The Bertz CT molecular complexity index is 747. The molecule has 0 unspecified atom stereocenters. The van der Waals surface area contributed by atoms with Crippen LogP contribution in [-0.2, 0) is 16.9 Å². The molecule has 4 rings (SSSR count). The van der Waals surface area contributed by atoms with Gasteiger partial charge in [-0.2, -0.15) is 0 Å². The van der Waals surface area contributed by atoms with Crippen LogP contribution in [0.25, 0.3) is 11.1 Å². The monoisotopic (exact) mass is 311 g/mol. The van der Waals surface area contributed by atoms with E-state index in [1.807, 2.05) is 12.1 Å². The molecular formula is C20H22FNO. The zero-order chi connectivity index (χ0) is 16.0. The van der Waals surface area contributed by atoms with Gasteiger partial charge in [0.15, 0.2) is 0 Å². The number of hydrogen-bond acceptors (Lipinski definition) is 2. The fourth-order valence-electron chi connectivity index (χ4n) is 3.77. The van der Waals surface area contributed by atoms with Gasteiger partial charge in [0.1, 0.15) is 5.82 Å². The van der Waals surface area contributed by atoms with Crippen LogP contribution in [0, 0.1) is 12.7 Å². The van der Waals surface area contributed by atoms with E-state index in [1.165, 1.54) is 11.1 Å². The molecule has 120 valence electrons. The highest BCUT2D eigenvalue weighted by atomic mass is 19.1. The van der Waals surface area contributed by atoms with Gasteiger partial charge in [0.25, 0.3) is 0 Å². The zero-order valence-electron chi connectivity index (χ0n) is 13.7. The SMILES string of the molecule is Cc1ccc(-c2ccc3c(c2)C2(CCN(C)CC2)OC3)cc1F. The quantitative estimate of drug-likeness (QED) is 0.780. The maximum absolute atomic E-state index is 13.9. The fourth-order valence-corrected chi connectivity index (χ4v) is 3.77. The second kappa shape index (κ2) is 5.43. The lowest BCUT2D eigenvalue weighted by molar-refractivity contribution is -0.0755. The molecule has 3 heteroatoms. The summed E-state index contributed by atoms with van der Waals surface area (Å²) in [5.74, 6) is -0.145. The molecule has 0 amide bonds. The third-order valence-corrected chi connectivity index (χ3v) is 5.40. The minimum absolute atomic E-state index is 0.138. The summed E-state index contributed by atoms with van der Waals surface area (Å²) in [4.78, 5) is 2.35. The molecule has 1 saturated heterocycles. The molecule has 0 aliphatic carbocycles. The largest absolute Gasteiger partial charge is 0.365 e. The molecule has 0 saturated carbocycles. The number of ether oxygens (including phenoxy) is 1. The van der Waals surface area contributed by atoms with E-state index in [0.717, 1.165) is 37.1 Å². The predicted molar refractivity (Wildman–Crippen MR) is 89.8 cm³/mol. The maximum atomic E-state index is 13.9. The molecule has 1 fully saturated rings. The Morgan fingerprint density at radius 3 is 2.48 bits per heavy atom. The van der Waals surface area contributed by atoms with Crippen LogP contribution in [0.3, 0.4) is 0 Å². The molecule has 0 N–H and O–H groups in total. The van der Waals surface area contributed by atoms with Crippen molar-refractivity contribution < 1.29 is 9.13 Å². The number of likely N-dealkylation sites (tertiary alicyclic amines) is 1. The highest BCUT2D eigenvalue weighted by molar-refractivity contribution is 5.66. The Balaban J connectivity index is 1.74. The summed E-state index contributed by atoms with van der Waals surface area (Å²) in [5.41, 5.74) is 5.15. The van der Waals surface area contributed by atoms with Crippen LogP contribution < -0.4 is 0 Å². The minimum Gasteiger partial charge on any atom is -0.365 e. The Hall–Kier alpha value is -1.71. The standard InChI is InChI=1S/C20H22FNO/c1-14-3-4-16(12-19(14)21)15-5-6-17-13-23-20(18(17)11-15)7-9-22(2)10-8-20/h3-6,11-12H,7-10,13H2,1-2H3. The highest BCUT2D eigenvalue weighted by Crippen LogP contribution is 2.45. The van der Waals surface area contributed by atoms with Gasteiger partial charge in [-0.05, 0) is 66.8 Å². The topological polar surface area (TPSA) is 12.5 Å². The molecule has 0 aromatic heterocycles. The van der Waals surface area contributed by atoms with E-state index in [4.69, 9.17) is 4.74 Å². The number of nitrogens with zero attached hydrogens (tertiary/aromatic N) is 1. The van der Waals surface area contributed by atoms with Gasteiger partial charge in [0, 0.05) is 13.1 Å².